The predicted octanol–water partition coefficient (Wildman–Crippen LogP) is 2.75. The summed E-state index contributed by atoms with van der Waals surface area (Å²) in [6, 6.07) is 11.8. The number of benzene rings is 2. The summed E-state index contributed by atoms with van der Waals surface area (Å²) in [5.41, 5.74) is 2.38. The van der Waals surface area contributed by atoms with Crippen molar-refractivity contribution in [2.75, 3.05) is 5.32 Å². The van der Waals surface area contributed by atoms with Gasteiger partial charge in [-0.2, -0.15) is 0 Å². The van der Waals surface area contributed by atoms with Crippen LogP contribution in [0, 0.1) is 6.92 Å². The molecule has 1 saturated carbocycles. The fourth-order valence-corrected chi connectivity index (χ4v) is 4.17. The first-order valence-electron chi connectivity index (χ1n) is 8.05. The Labute approximate surface area is 146 Å². The lowest BCUT2D eigenvalue weighted by atomic mass is 10.1. The van der Waals surface area contributed by atoms with E-state index in [-0.39, 0.29) is 16.5 Å². The zero-order valence-electron chi connectivity index (χ0n) is 13.8. The smallest absolute Gasteiger partial charge is 0.335 e. The van der Waals surface area contributed by atoms with E-state index in [2.05, 4.69) is 10.0 Å². The topological polar surface area (TPSA) is 95.5 Å². The average molecular weight is 360 g/mol. The Morgan fingerprint density at radius 3 is 2.60 bits per heavy atom. The summed E-state index contributed by atoms with van der Waals surface area (Å²) in [6.07, 6.45) is 1.77. The second-order valence-electron chi connectivity index (χ2n) is 6.18. The van der Waals surface area contributed by atoms with Crippen LogP contribution in [0.5, 0.6) is 0 Å². The van der Waals surface area contributed by atoms with E-state index in [1.54, 1.807) is 31.2 Å². The number of hydrogen-bond donors (Lipinski definition) is 3. The zero-order chi connectivity index (χ0) is 18.0. The second-order valence-corrected chi connectivity index (χ2v) is 7.87. The fraction of sp³-hybridized carbons (Fsp3) is 0.278. The second kappa shape index (κ2) is 6.85. The van der Waals surface area contributed by atoms with Crippen molar-refractivity contribution < 1.29 is 18.3 Å². The Morgan fingerprint density at radius 2 is 1.92 bits per heavy atom. The Hall–Kier alpha value is -2.38. The molecule has 6 nitrogen and oxygen atoms in total. The number of aromatic carboxylic acids is 1. The van der Waals surface area contributed by atoms with E-state index in [1.165, 1.54) is 6.07 Å². The molecule has 1 aliphatic carbocycles. The third-order valence-corrected chi connectivity index (χ3v) is 5.79. The van der Waals surface area contributed by atoms with E-state index in [0.717, 1.165) is 18.4 Å². The Balaban J connectivity index is 1.78. The molecule has 0 amide bonds. The van der Waals surface area contributed by atoms with Gasteiger partial charge in [-0.25, -0.2) is 17.9 Å². The van der Waals surface area contributed by atoms with E-state index in [0.29, 0.717) is 17.8 Å². The van der Waals surface area contributed by atoms with Gasteiger partial charge in [0.25, 0.3) is 0 Å². The Morgan fingerprint density at radius 1 is 1.20 bits per heavy atom. The van der Waals surface area contributed by atoms with Gasteiger partial charge in [-0.05, 0) is 55.2 Å². The molecular formula is C18H20N2O4S. The molecule has 7 heteroatoms. The van der Waals surface area contributed by atoms with Gasteiger partial charge in [0.15, 0.2) is 0 Å². The van der Waals surface area contributed by atoms with E-state index in [1.807, 2.05) is 12.1 Å². The van der Waals surface area contributed by atoms with Gasteiger partial charge in [-0.15, -0.1) is 0 Å². The lowest BCUT2D eigenvalue weighted by Crippen LogP contribution is -2.26. The number of carboxylic acids is 1. The molecule has 0 aliphatic heterocycles. The molecule has 0 spiro atoms. The lowest BCUT2D eigenvalue weighted by molar-refractivity contribution is 0.0696. The minimum Gasteiger partial charge on any atom is -0.478 e. The first kappa shape index (κ1) is 17.4. The van der Waals surface area contributed by atoms with Gasteiger partial charge in [0.2, 0.25) is 10.0 Å². The van der Waals surface area contributed by atoms with Gasteiger partial charge < -0.3 is 10.4 Å². The minimum absolute atomic E-state index is 0.0553. The molecule has 25 heavy (non-hydrogen) atoms. The molecule has 1 aliphatic rings. The molecule has 3 N–H and O–H groups in total. The number of carbonyl (C=O) groups is 1. The normalized spacial score (nSPS) is 14.3. The molecule has 0 aromatic heterocycles. The van der Waals surface area contributed by atoms with Gasteiger partial charge >= 0.3 is 5.97 Å². The molecule has 0 radical (unpaired) electrons. The van der Waals surface area contributed by atoms with E-state index < -0.39 is 16.0 Å². The summed E-state index contributed by atoms with van der Waals surface area (Å²) in [7, 11) is -3.52. The van der Waals surface area contributed by atoms with Gasteiger partial charge in [-0.1, -0.05) is 18.2 Å². The highest BCUT2D eigenvalue weighted by Crippen LogP contribution is 2.27. The summed E-state index contributed by atoms with van der Waals surface area (Å²) < 4.78 is 27.6. The van der Waals surface area contributed by atoms with Crippen LogP contribution >= 0.6 is 0 Å². The molecule has 0 unspecified atom stereocenters. The third-order valence-electron chi connectivity index (χ3n) is 4.13. The predicted molar refractivity (Wildman–Crippen MR) is 95.3 cm³/mol. The van der Waals surface area contributed by atoms with Crippen molar-refractivity contribution in [3.63, 3.8) is 0 Å². The van der Waals surface area contributed by atoms with Crippen molar-refractivity contribution in [3.05, 3.63) is 59.2 Å². The summed E-state index contributed by atoms with van der Waals surface area (Å²) in [5.74, 6) is -0.975. The van der Waals surface area contributed by atoms with Crippen molar-refractivity contribution in [1.82, 2.24) is 4.72 Å². The largest absolute Gasteiger partial charge is 0.478 e. The van der Waals surface area contributed by atoms with Gasteiger partial charge in [-0.3, -0.25) is 0 Å². The van der Waals surface area contributed by atoms with Crippen LogP contribution in [-0.2, 0) is 16.6 Å². The summed E-state index contributed by atoms with van der Waals surface area (Å²) in [4.78, 5) is 11.3. The number of anilines is 1. The zero-order valence-corrected chi connectivity index (χ0v) is 14.6. The van der Waals surface area contributed by atoms with Crippen molar-refractivity contribution in [1.29, 1.82) is 0 Å². The maximum absolute atomic E-state index is 12.4. The maximum Gasteiger partial charge on any atom is 0.335 e. The Bertz CT molecular complexity index is 905. The quantitative estimate of drug-likeness (QED) is 0.706. The first-order chi connectivity index (χ1) is 11.9. The first-order valence-corrected chi connectivity index (χ1v) is 9.53. The minimum atomic E-state index is -3.52. The van der Waals surface area contributed by atoms with Crippen molar-refractivity contribution >= 4 is 21.7 Å². The molecule has 2 aromatic rings. The van der Waals surface area contributed by atoms with E-state index in [9.17, 15) is 13.2 Å². The highest BCUT2D eigenvalue weighted by molar-refractivity contribution is 7.89. The van der Waals surface area contributed by atoms with Gasteiger partial charge in [0.1, 0.15) is 0 Å². The third kappa shape index (κ3) is 4.18. The fourth-order valence-electron chi connectivity index (χ4n) is 2.59. The van der Waals surface area contributed by atoms with Crippen LogP contribution in [0.3, 0.4) is 0 Å². The molecule has 2 aromatic carbocycles. The number of rotatable bonds is 7. The van der Waals surface area contributed by atoms with Crippen LogP contribution in [-0.4, -0.2) is 25.5 Å². The highest BCUT2D eigenvalue weighted by atomic mass is 32.2. The van der Waals surface area contributed by atoms with Gasteiger partial charge in [0, 0.05) is 18.3 Å². The van der Waals surface area contributed by atoms with Crippen LogP contribution < -0.4 is 10.0 Å². The molecule has 3 rings (SSSR count). The summed E-state index contributed by atoms with van der Waals surface area (Å²) >= 11 is 0. The SMILES string of the molecule is Cc1c(NCc2cccc(C(=O)O)c2)cccc1S(=O)(=O)NC1CC1. The average Bonchev–Trinajstić information content (AvgIpc) is 3.37. The molecule has 1 fully saturated rings. The molecule has 0 atom stereocenters. The standard InChI is InChI=1S/C18H20N2O4S/c1-12-16(19-11-13-4-2-5-14(10-13)18(21)22)6-3-7-17(12)25(23,24)20-15-8-9-15/h2-7,10,15,19-20H,8-9,11H2,1H3,(H,21,22). The van der Waals surface area contributed by atoms with Gasteiger partial charge in [0.05, 0.1) is 10.5 Å². The van der Waals surface area contributed by atoms with Crippen LogP contribution in [0.2, 0.25) is 0 Å². The monoisotopic (exact) mass is 360 g/mol. The number of hydrogen-bond acceptors (Lipinski definition) is 4. The summed E-state index contributed by atoms with van der Waals surface area (Å²) in [5, 5.41) is 12.2. The van der Waals surface area contributed by atoms with Crippen LogP contribution in [0.4, 0.5) is 5.69 Å². The lowest BCUT2D eigenvalue weighted by Gasteiger charge is -2.14. The number of nitrogens with one attached hydrogen (secondary N) is 2. The van der Waals surface area contributed by atoms with Crippen molar-refractivity contribution in [2.45, 2.75) is 37.2 Å². The van der Waals surface area contributed by atoms with Crippen molar-refractivity contribution in [2.24, 2.45) is 0 Å². The number of sulfonamides is 1. The van der Waals surface area contributed by atoms with Crippen LogP contribution in [0.25, 0.3) is 0 Å². The summed E-state index contributed by atoms with van der Waals surface area (Å²) in [6.45, 7) is 2.17. The molecular weight excluding hydrogens is 340 g/mol. The van der Waals surface area contributed by atoms with Crippen LogP contribution in [0.15, 0.2) is 47.4 Å². The molecule has 132 valence electrons. The molecule has 0 saturated heterocycles. The van der Waals surface area contributed by atoms with Crippen LogP contribution in [0.1, 0.15) is 34.3 Å². The maximum atomic E-state index is 12.4. The van der Waals surface area contributed by atoms with E-state index >= 15 is 0 Å². The van der Waals surface area contributed by atoms with Crippen molar-refractivity contribution in [3.8, 4) is 0 Å². The molecule has 0 bridgehead atoms. The van der Waals surface area contributed by atoms with E-state index in [4.69, 9.17) is 5.11 Å². The highest BCUT2D eigenvalue weighted by Gasteiger charge is 2.29. The molecule has 0 heterocycles. The number of carboxylic acid groups (broad SMARTS) is 1. The Kier molecular flexibility index (Phi) is 4.78.